The van der Waals surface area contributed by atoms with Crippen molar-refractivity contribution < 1.29 is 14.3 Å². The quantitative estimate of drug-likeness (QED) is 0.177. The molecular weight excluding hydrogens is 480 g/mol. The lowest BCUT2D eigenvalue weighted by Gasteiger charge is -2.25. The topological polar surface area (TPSA) is 173 Å². The van der Waals surface area contributed by atoms with E-state index in [1.54, 1.807) is 42.5 Å². The van der Waals surface area contributed by atoms with Crippen LogP contribution in [0.3, 0.4) is 0 Å². The molecule has 0 aromatic heterocycles. The fraction of sp³-hybridized carbons (Fsp3) is 0.276. The number of ether oxygens (including phenoxy) is 2. The Bertz CT molecular complexity index is 1240. The number of nitrogens with one attached hydrogen (secondary N) is 3. The van der Waals surface area contributed by atoms with E-state index in [9.17, 15) is 4.79 Å². The SMILES string of the molecule is N=C(N)c1cccc(COc2cc(NC(=O)C3CCC(N)CC3)cc(OCc3cccc(C(=N)N)c3)c2)c1. The number of hydrogen-bond acceptors (Lipinski definition) is 6. The van der Waals surface area contributed by atoms with Crippen molar-refractivity contribution in [2.24, 2.45) is 23.1 Å². The van der Waals surface area contributed by atoms with Crippen LogP contribution in [0.4, 0.5) is 5.69 Å². The standard InChI is InChI=1S/C29H34N6O3/c30-23-9-7-20(8-10-23)29(36)35-24-13-25(37-16-18-3-1-5-21(11-18)27(31)32)15-26(14-24)38-17-19-4-2-6-22(12-19)28(33)34/h1-6,11-15,20,23H,7-10,16-17,30H2,(H3,31,32)(H3,33,34)(H,35,36). The smallest absolute Gasteiger partial charge is 0.227 e. The molecule has 1 aliphatic carbocycles. The molecule has 0 unspecified atom stereocenters. The Labute approximate surface area is 222 Å². The molecule has 9 nitrogen and oxygen atoms in total. The number of benzene rings is 3. The number of carbonyl (C=O) groups is 1. The van der Waals surface area contributed by atoms with Crippen LogP contribution in [0, 0.1) is 16.7 Å². The maximum atomic E-state index is 13.0. The van der Waals surface area contributed by atoms with Gasteiger partial charge in [-0.05, 0) is 48.9 Å². The van der Waals surface area contributed by atoms with Crippen molar-refractivity contribution in [2.45, 2.75) is 44.9 Å². The number of nitrogen functional groups attached to an aromatic ring is 2. The molecule has 3 aromatic rings. The summed E-state index contributed by atoms with van der Waals surface area (Å²) < 4.78 is 12.1. The first-order chi connectivity index (χ1) is 18.3. The van der Waals surface area contributed by atoms with Gasteiger partial charge in [0.2, 0.25) is 5.91 Å². The summed E-state index contributed by atoms with van der Waals surface area (Å²) in [6, 6.07) is 20.1. The van der Waals surface area contributed by atoms with E-state index < -0.39 is 0 Å². The van der Waals surface area contributed by atoms with Gasteiger partial charge in [-0.1, -0.05) is 36.4 Å². The molecule has 0 spiro atoms. The Morgan fingerprint density at radius 2 is 1.29 bits per heavy atom. The highest BCUT2D eigenvalue weighted by Crippen LogP contribution is 2.30. The summed E-state index contributed by atoms with van der Waals surface area (Å²) in [7, 11) is 0. The molecule has 0 heterocycles. The average molecular weight is 515 g/mol. The number of hydrogen-bond donors (Lipinski definition) is 6. The van der Waals surface area contributed by atoms with E-state index >= 15 is 0 Å². The van der Waals surface area contributed by atoms with Crippen LogP contribution in [-0.2, 0) is 18.0 Å². The van der Waals surface area contributed by atoms with E-state index in [0.717, 1.165) is 36.8 Å². The number of nitrogens with two attached hydrogens (primary N) is 3. The predicted molar refractivity (Wildman–Crippen MR) is 149 cm³/mol. The molecule has 9 heteroatoms. The molecule has 9 N–H and O–H groups in total. The van der Waals surface area contributed by atoms with E-state index in [0.29, 0.717) is 28.3 Å². The molecule has 0 radical (unpaired) electrons. The minimum atomic E-state index is -0.0765. The van der Waals surface area contributed by atoms with Crippen LogP contribution in [0.1, 0.15) is 47.9 Å². The summed E-state index contributed by atoms with van der Waals surface area (Å²) in [6.07, 6.45) is 3.22. The first-order valence-electron chi connectivity index (χ1n) is 12.6. The zero-order valence-corrected chi connectivity index (χ0v) is 21.2. The highest BCUT2D eigenvalue weighted by molar-refractivity contribution is 5.95. The van der Waals surface area contributed by atoms with Crippen molar-refractivity contribution in [3.63, 3.8) is 0 Å². The number of rotatable bonds is 10. The maximum Gasteiger partial charge on any atom is 0.227 e. The van der Waals surface area contributed by atoms with Gasteiger partial charge in [-0.3, -0.25) is 15.6 Å². The summed E-state index contributed by atoms with van der Waals surface area (Å²) in [5, 5.41) is 18.3. The van der Waals surface area contributed by atoms with Crippen LogP contribution in [-0.4, -0.2) is 23.6 Å². The summed E-state index contributed by atoms with van der Waals surface area (Å²) in [4.78, 5) is 13.0. The van der Waals surface area contributed by atoms with Gasteiger partial charge in [0.15, 0.2) is 0 Å². The molecule has 198 valence electrons. The molecule has 0 aliphatic heterocycles. The molecule has 1 saturated carbocycles. The summed E-state index contributed by atoms with van der Waals surface area (Å²) >= 11 is 0. The van der Waals surface area contributed by atoms with Crippen molar-refractivity contribution in [2.75, 3.05) is 5.32 Å². The van der Waals surface area contributed by atoms with Crippen LogP contribution in [0.2, 0.25) is 0 Å². The fourth-order valence-electron chi connectivity index (χ4n) is 4.43. The number of amides is 1. The summed E-state index contributed by atoms with van der Waals surface area (Å²) in [5.74, 6) is 0.911. The fourth-order valence-corrected chi connectivity index (χ4v) is 4.43. The minimum Gasteiger partial charge on any atom is -0.489 e. The normalized spacial score (nSPS) is 16.9. The van der Waals surface area contributed by atoms with Crippen molar-refractivity contribution in [3.8, 4) is 11.5 Å². The largest absolute Gasteiger partial charge is 0.489 e. The van der Waals surface area contributed by atoms with Crippen LogP contribution < -0.4 is 32.0 Å². The molecule has 0 bridgehead atoms. The highest BCUT2D eigenvalue weighted by atomic mass is 16.5. The van der Waals surface area contributed by atoms with E-state index in [4.69, 9.17) is 37.5 Å². The van der Waals surface area contributed by atoms with Crippen LogP contribution in [0.25, 0.3) is 0 Å². The van der Waals surface area contributed by atoms with Crippen molar-refractivity contribution in [1.82, 2.24) is 0 Å². The lowest BCUT2D eigenvalue weighted by atomic mass is 9.86. The van der Waals surface area contributed by atoms with Gasteiger partial charge >= 0.3 is 0 Å². The molecule has 4 rings (SSSR count). The van der Waals surface area contributed by atoms with Crippen LogP contribution in [0.15, 0.2) is 66.7 Å². The minimum absolute atomic E-state index is 0.00948. The molecule has 1 fully saturated rings. The number of amidine groups is 2. The predicted octanol–water partition coefficient (Wildman–Crippen LogP) is 3.87. The lowest BCUT2D eigenvalue weighted by Crippen LogP contribution is -2.32. The third kappa shape index (κ3) is 7.33. The van der Waals surface area contributed by atoms with Gasteiger partial charge < -0.3 is 32.0 Å². The van der Waals surface area contributed by atoms with E-state index in [-0.39, 0.29) is 42.8 Å². The first kappa shape index (κ1) is 26.7. The molecule has 0 saturated heterocycles. The van der Waals surface area contributed by atoms with E-state index in [1.807, 2.05) is 24.3 Å². The van der Waals surface area contributed by atoms with E-state index in [1.165, 1.54) is 0 Å². The number of carbonyl (C=O) groups excluding carboxylic acids is 1. The summed E-state index contributed by atoms with van der Waals surface area (Å²) in [5.41, 5.74) is 20.8. The zero-order valence-electron chi connectivity index (χ0n) is 21.2. The van der Waals surface area contributed by atoms with Crippen molar-refractivity contribution in [3.05, 3.63) is 89.0 Å². The van der Waals surface area contributed by atoms with Crippen molar-refractivity contribution >= 4 is 23.3 Å². The molecule has 0 atom stereocenters. The zero-order chi connectivity index (χ0) is 27.1. The van der Waals surface area contributed by atoms with Crippen LogP contribution in [0.5, 0.6) is 11.5 Å². The Morgan fingerprint density at radius 1 is 0.789 bits per heavy atom. The Balaban J connectivity index is 1.51. The second-order valence-corrected chi connectivity index (χ2v) is 9.60. The summed E-state index contributed by atoms with van der Waals surface area (Å²) in [6.45, 7) is 0.498. The average Bonchev–Trinajstić information content (AvgIpc) is 2.91. The second-order valence-electron chi connectivity index (χ2n) is 9.60. The Morgan fingerprint density at radius 3 is 1.76 bits per heavy atom. The molecular formula is C29H34N6O3. The van der Waals surface area contributed by atoms with Gasteiger partial charge in [-0.15, -0.1) is 0 Å². The Hall–Kier alpha value is -4.37. The first-order valence-corrected chi connectivity index (χ1v) is 12.6. The van der Waals surface area contributed by atoms with Gasteiger partial charge in [0.05, 0.1) is 0 Å². The van der Waals surface area contributed by atoms with E-state index in [2.05, 4.69) is 5.32 Å². The van der Waals surface area contributed by atoms with Gasteiger partial charge in [0.25, 0.3) is 0 Å². The lowest BCUT2D eigenvalue weighted by molar-refractivity contribution is -0.120. The Kier molecular flexibility index (Phi) is 8.60. The van der Waals surface area contributed by atoms with Gasteiger partial charge in [-0.2, -0.15) is 0 Å². The third-order valence-electron chi connectivity index (χ3n) is 6.58. The maximum absolute atomic E-state index is 13.0. The molecule has 1 aliphatic rings. The molecule has 3 aromatic carbocycles. The van der Waals surface area contributed by atoms with Gasteiger partial charge in [0.1, 0.15) is 36.4 Å². The van der Waals surface area contributed by atoms with Crippen molar-refractivity contribution in [1.29, 1.82) is 10.8 Å². The van der Waals surface area contributed by atoms with Crippen LogP contribution >= 0.6 is 0 Å². The van der Waals surface area contributed by atoms with Gasteiger partial charge in [0, 0.05) is 47.0 Å². The molecule has 38 heavy (non-hydrogen) atoms. The number of anilines is 1. The highest BCUT2D eigenvalue weighted by Gasteiger charge is 2.24. The third-order valence-corrected chi connectivity index (χ3v) is 6.58. The second kappa shape index (κ2) is 12.2. The molecule has 1 amide bonds. The van der Waals surface area contributed by atoms with Gasteiger partial charge in [-0.25, -0.2) is 0 Å². The monoisotopic (exact) mass is 514 g/mol.